The minimum atomic E-state index is -0.140. The fourth-order valence-corrected chi connectivity index (χ4v) is 4.30. The van der Waals surface area contributed by atoms with Crippen molar-refractivity contribution in [3.05, 3.63) is 88.2 Å². The van der Waals surface area contributed by atoms with Crippen LogP contribution in [-0.4, -0.2) is 17.5 Å². The Kier molecular flexibility index (Phi) is 6.87. The lowest BCUT2D eigenvalue weighted by Gasteiger charge is -2.09. The molecule has 0 bridgehead atoms. The van der Waals surface area contributed by atoms with E-state index in [2.05, 4.69) is 5.32 Å². The number of aromatic nitrogens is 1. The Morgan fingerprint density at radius 2 is 1.74 bits per heavy atom. The van der Waals surface area contributed by atoms with Crippen molar-refractivity contribution in [2.45, 2.75) is 6.42 Å². The van der Waals surface area contributed by atoms with Crippen LogP contribution in [0.25, 0.3) is 21.8 Å². The zero-order valence-corrected chi connectivity index (χ0v) is 18.7. The summed E-state index contributed by atoms with van der Waals surface area (Å²) in [6.07, 6.45) is 0.211. The number of hydrogen-bond acceptors (Lipinski definition) is 4. The van der Waals surface area contributed by atoms with Gasteiger partial charge in [0.05, 0.1) is 28.8 Å². The number of benzene rings is 3. The maximum absolute atomic E-state index is 12.3. The van der Waals surface area contributed by atoms with Gasteiger partial charge in [-0.3, -0.25) is 4.79 Å². The molecule has 0 spiro atoms. The maximum Gasteiger partial charge on any atom is 0.227 e. The van der Waals surface area contributed by atoms with Crippen LogP contribution in [0.5, 0.6) is 5.75 Å². The van der Waals surface area contributed by atoms with Gasteiger partial charge in [0, 0.05) is 22.2 Å². The molecule has 3 aromatic carbocycles. The molecule has 0 saturated carbocycles. The molecule has 0 unspecified atom stereocenters. The Morgan fingerprint density at radius 3 is 2.55 bits per heavy atom. The predicted molar refractivity (Wildman–Crippen MR) is 128 cm³/mol. The first kappa shape index (κ1) is 21.4. The smallest absolute Gasteiger partial charge is 0.227 e. The minimum absolute atomic E-state index is 0.140. The normalized spacial score (nSPS) is 10.6. The number of anilines is 1. The average Bonchev–Trinajstić information content (AvgIpc) is 3.26. The van der Waals surface area contributed by atoms with Gasteiger partial charge in [0.25, 0.3) is 0 Å². The van der Waals surface area contributed by atoms with Crippen LogP contribution in [0, 0.1) is 0 Å². The van der Waals surface area contributed by atoms with Crippen LogP contribution in [0.4, 0.5) is 5.69 Å². The molecule has 7 heteroatoms. The standard InChI is InChI=1S/C24H18Cl2N2O2S/c25-19-9-2-1-8-18(19)24-28-21(15-31-24)16-6-5-7-17(14-16)27-23(29)12-13-30-22-11-4-3-10-20(22)26/h1-11,14-15H,12-13H2,(H,27,29). The number of halogens is 2. The van der Waals surface area contributed by atoms with Gasteiger partial charge in [0.1, 0.15) is 10.8 Å². The summed E-state index contributed by atoms with van der Waals surface area (Å²) in [5.74, 6) is 0.427. The predicted octanol–water partition coefficient (Wildman–Crippen LogP) is 7.19. The zero-order chi connectivity index (χ0) is 21.6. The summed E-state index contributed by atoms with van der Waals surface area (Å²) in [5, 5.41) is 6.93. The third-order valence-electron chi connectivity index (χ3n) is 4.47. The van der Waals surface area contributed by atoms with Crippen LogP contribution in [0.3, 0.4) is 0 Å². The van der Waals surface area contributed by atoms with Crippen LogP contribution in [0.2, 0.25) is 10.0 Å². The monoisotopic (exact) mass is 468 g/mol. The molecule has 31 heavy (non-hydrogen) atoms. The first-order valence-corrected chi connectivity index (χ1v) is 11.2. The van der Waals surface area contributed by atoms with E-state index in [0.29, 0.717) is 21.5 Å². The molecular formula is C24H18Cl2N2O2S. The highest BCUT2D eigenvalue weighted by Gasteiger charge is 2.11. The topological polar surface area (TPSA) is 51.2 Å². The highest BCUT2D eigenvalue weighted by Crippen LogP contribution is 2.33. The Morgan fingerprint density at radius 1 is 0.968 bits per heavy atom. The van der Waals surface area contributed by atoms with Gasteiger partial charge < -0.3 is 10.1 Å². The number of para-hydroxylation sites is 1. The van der Waals surface area contributed by atoms with Crippen molar-refractivity contribution in [2.75, 3.05) is 11.9 Å². The van der Waals surface area contributed by atoms with E-state index in [1.54, 1.807) is 12.1 Å². The first-order valence-electron chi connectivity index (χ1n) is 9.58. The zero-order valence-electron chi connectivity index (χ0n) is 16.3. The van der Waals surface area contributed by atoms with E-state index in [-0.39, 0.29) is 18.9 Å². The Balaban J connectivity index is 1.39. The number of nitrogens with one attached hydrogen (secondary N) is 1. The molecule has 4 rings (SSSR count). The Hall–Kier alpha value is -2.86. The summed E-state index contributed by atoms with van der Waals surface area (Å²) < 4.78 is 5.58. The number of nitrogens with zero attached hydrogens (tertiary/aromatic N) is 1. The highest BCUT2D eigenvalue weighted by molar-refractivity contribution is 7.13. The molecule has 0 radical (unpaired) electrons. The lowest BCUT2D eigenvalue weighted by molar-refractivity contribution is -0.116. The SMILES string of the molecule is O=C(CCOc1ccccc1Cl)Nc1cccc(-c2csc(-c3ccccc3Cl)n2)c1. The van der Waals surface area contributed by atoms with Crippen molar-refractivity contribution in [1.82, 2.24) is 4.98 Å². The second-order valence-electron chi connectivity index (χ2n) is 6.68. The fourth-order valence-electron chi connectivity index (χ4n) is 2.96. The molecule has 1 aromatic heterocycles. The maximum atomic E-state index is 12.3. The number of amides is 1. The number of ether oxygens (including phenoxy) is 1. The van der Waals surface area contributed by atoms with Crippen molar-refractivity contribution in [1.29, 1.82) is 0 Å². The summed E-state index contributed by atoms with van der Waals surface area (Å²) in [6, 6.07) is 22.4. The largest absolute Gasteiger partial charge is 0.491 e. The summed E-state index contributed by atoms with van der Waals surface area (Å²) in [6.45, 7) is 0.239. The molecule has 0 fully saturated rings. The van der Waals surface area contributed by atoms with E-state index in [1.807, 2.05) is 66.0 Å². The van der Waals surface area contributed by atoms with Gasteiger partial charge in [-0.1, -0.05) is 65.7 Å². The molecule has 1 amide bonds. The molecule has 0 aliphatic rings. The van der Waals surface area contributed by atoms with E-state index in [1.165, 1.54) is 11.3 Å². The fraction of sp³-hybridized carbons (Fsp3) is 0.0833. The molecule has 0 atom stereocenters. The number of carbonyl (C=O) groups excluding carboxylic acids is 1. The lowest BCUT2D eigenvalue weighted by Crippen LogP contribution is -2.15. The van der Waals surface area contributed by atoms with E-state index in [4.69, 9.17) is 32.9 Å². The molecule has 0 saturated heterocycles. The Bertz CT molecular complexity index is 1210. The average molecular weight is 469 g/mol. The van der Waals surface area contributed by atoms with Crippen molar-refractivity contribution in [2.24, 2.45) is 0 Å². The van der Waals surface area contributed by atoms with Crippen LogP contribution < -0.4 is 10.1 Å². The van der Waals surface area contributed by atoms with E-state index in [0.717, 1.165) is 21.8 Å². The number of rotatable bonds is 7. The Labute approximate surface area is 194 Å². The van der Waals surface area contributed by atoms with Crippen LogP contribution in [-0.2, 0) is 4.79 Å². The van der Waals surface area contributed by atoms with Gasteiger partial charge in [-0.2, -0.15) is 0 Å². The van der Waals surface area contributed by atoms with Gasteiger partial charge in [-0.25, -0.2) is 4.98 Å². The van der Waals surface area contributed by atoms with Crippen LogP contribution >= 0.6 is 34.5 Å². The summed E-state index contributed by atoms with van der Waals surface area (Å²) in [5.41, 5.74) is 3.36. The molecular weight excluding hydrogens is 451 g/mol. The highest BCUT2D eigenvalue weighted by atomic mass is 35.5. The molecule has 156 valence electrons. The second kappa shape index (κ2) is 9.96. The lowest BCUT2D eigenvalue weighted by atomic mass is 10.1. The van der Waals surface area contributed by atoms with E-state index >= 15 is 0 Å². The van der Waals surface area contributed by atoms with Gasteiger partial charge in [0.2, 0.25) is 5.91 Å². The summed E-state index contributed by atoms with van der Waals surface area (Å²) in [4.78, 5) is 17.0. The number of hydrogen-bond donors (Lipinski definition) is 1. The molecule has 1 N–H and O–H groups in total. The molecule has 4 nitrogen and oxygen atoms in total. The van der Waals surface area contributed by atoms with Crippen molar-refractivity contribution < 1.29 is 9.53 Å². The van der Waals surface area contributed by atoms with Gasteiger partial charge >= 0.3 is 0 Å². The van der Waals surface area contributed by atoms with Gasteiger partial charge in [-0.15, -0.1) is 11.3 Å². The molecule has 4 aromatic rings. The number of carbonyl (C=O) groups is 1. The summed E-state index contributed by atoms with van der Waals surface area (Å²) in [7, 11) is 0. The molecule has 1 heterocycles. The second-order valence-corrected chi connectivity index (χ2v) is 8.35. The molecule has 0 aliphatic heterocycles. The van der Waals surface area contributed by atoms with Crippen molar-refractivity contribution in [3.8, 4) is 27.6 Å². The van der Waals surface area contributed by atoms with E-state index in [9.17, 15) is 4.79 Å². The minimum Gasteiger partial charge on any atom is -0.491 e. The van der Waals surface area contributed by atoms with Crippen LogP contribution in [0.1, 0.15) is 6.42 Å². The van der Waals surface area contributed by atoms with Gasteiger partial charge in [-0.05, 0) is 30.3 Å². The van der Waals surface area contributed by atoms with Crippen molar-refractivity contribution in [3.63, 3.8) is 0 Å². The third-order valence-corrected chi connectivity index (χ3v) is 5.99. The third kappa shape index (κ3) is 5.44. The molecule has 0 aliphatic carbocycles. The first-order chi connectivity index (χ1) is 15.1. The van der Waals surface area contributed by atoms with Crippen molar-refractivity contribution >= 4 is 46.1 Å². The summed E-state index contributed by atoms with van der Waals surface area (Å²) >= 11 is 13.9. The number of thiazole rings is 1. The van der Waals surface area contributed by atoms with Gasteiger partial charge in [0.15, 0.2) is 0 Å². The van der Waals surface area contributed by atoms with Crippen LogP contribution in [0.15, 0.2) is 78.2 Å². The van der Waals surface area contributed by atoms with E-state index < -0.39 is 0 Å². The quantitative estimate of drug-likeness (QED) is 0.312.